The highest BCUT2D eigenvalue weighted by molar-refractivity contribution is 7.09. The van der Waals surface area contributed by atoms with Crippen LogP contribution in [0.25, 0.3) is 0 Å². The third kappa shape index (κ3) is 2.91. The Bertz CT molecular complexity index is 220. The zero-order chi connectivity index (χ0) is 8.81. The fraction of sp³-hybridized carbons (Fsp3) is 0.667. The van der Waals surface area contributed by atoms with Crippen LogP contribution in [0.2, 0.25) is 0 Å². The summed E-state index contributed by atoms with van der Waals surface area (Å²) in [6.07, 6.45) is 2.30. The van der Waals surface area contributed by atoms with E-state index in [1.165, 1.54) is 17.1 Å². The number of hydrogen-bond acceptors (Lipinski definition) is 3. The smallest absolute Gasteiger partial charge is 0.107 e. The first kappa shape index (κ1) is 9.68. The molecule has 0 aliphatic heterocycles. The Morgan fingerprint density at radius 1 is 1.50 bits per heavy atom. The van der Waals surface area contributed by atoms with Gasteiger partial charge in [0.05, 0.1) is 5.69 Å². The van der Waals surface area contributed by atoms with Gasteiger partial charge in [-0.25, -0.2) is 4.98 Å². The summed E-state index contributed by atoms with van der Waals surface area (Å²) in [5, 5.41) is 6.64. The van der Waals surface area contributed by atoms with Crippen molar-refractivity contribution in [3.8, 4) is 0 Å². The topological polar surface area (TPSA) is 24.9 Å². The lowest BCUT2D eigenvalue weighted by atomic mass is 10.3. The van der Waals surface area contributed by atoms with Crippen LogP contribution in [-0.4, -0.2) is 11.5 Å². The number of hydrogen-bond donors (Lipinski definition) is 1. The van der Waals surface area contributed by atoms with Crippen molar-refractivity contribution in [3.05, 3.63) is 16.1 Å². The molecule has 0 bridgehead atoms. The largest absolute Gasteiger partial charge is 0.311 e. The summed E-state index contributed by atoms with van der Waals surface area (Å²) >= 11 is 1.76. The molecule has 1 aromatic heterocycles. The molecule has 3 heteroatoms. The average molecular weight is 184 g/mol. The Kier molecular flexibility index (Phi) is 4.25. The molecule has 0 amide bonds. The Hall–Kier alpha value is -0.410. The molecular formula is C9H16N2S. The molecular weight excluding hydrogens is 168 g/mol. The summed E-state index contributed by atoms with van der Waals surface area (Å²) < 4.78 is 0. The highest BCUT2D eigenvalue weighted by Crippen LogP contribution is 2.10. The van der Waals surface area contributed by atoms with Gasteiger partial charge in [0.25, 0.3) is 0 Å². The van der Waals surface area contributed by atoms with E-state index in [2.05, 4.69) is 29.5 Å². The monoisotopic (exact) mass is 184 g/mol. The van der Waals surface area contributed by atoms with Gasteiger partial charge in [-0.2, -0.15) is 0 Å². The van der Waals surface area contributed by atoms with E-state index in [-0.39, 0.29) is 0 Å². The molecule has 12 heavy (non-hydrogen) atoms. The molecule has 0 unspecified atom stereocenters. The minimum atomic E-state index is 0.922. The van der Waals surface area contributed by atoms with Gasteiger partial charge in [0, 0.05) is 11.9 Å². The van der Waals surface area contributed by atoms with E-state index in [1.807, 2.05) is 0 Å². The van der Waals surface area contributed by atoms with Gasteiger partial charge in [0.2, 0.25) is 0 Å². The highest BCUT2D eigenvalue weighted by atomic mass is 32.1. The summed E-state index contributed by atoms with van der Waals surface area (Å²) in [7, 11) is 0. The van der Waals surface area contributed by atoms with E-state index in [1.54, 1.807) is 11.3 Å². The molecule has 0 aliphatic carbocycles. The zero-order valence-electron chi connectivity index (χ0n) is 7.76. The normalized spacial score (nSPS) is 10.5. The van der Waals surface area contributed by atoms with Crippen LogP contribution in [0.3, 0.4) is 0 Å². The van der Waals surface area contributed by atoms with Crippen molar-refractivity contribution in [2.45, 2.75) is 33.2 Å². The van der Waals surface area contributed by atoms with Crippen molar-refractivity contribution in [2.75, 3.05) is 6.54 Å². The fourth-order valence-corrected chi connectivity index (χ4v) is 1.83. The number of thiazole rings is 1. The summed E-state index contributed by atoms with van der Waals surface area (Å²) in [4.78, 5) is 4.49. The summed E-state index contributed by atoms with van der Waals surface area (Å²) in [5.41, 5.74) is 1.25. The van der Waals surface area contributed by atoms with Crippen LogP contribution in [0, 0.1) is 0 Å². The van der Waals surface area contributed by atoms with Gasteiger partial charge < -0.3 is 5.32 Å². The standard InChI is InChI=1S/C9H16N2S/c1-3-5-8-7-12-9(11-8)6-10-4-2/h7,10H,3-6H2,1-2H3. The van der Waals surface area contributed by atoms with Gasteiger partial charge in [-0.1, -0.05) is 20.3 Å². The highest BCUT2D eigenvalue weighted by Gasteiger charge is 1.99. The molecule has 2 nitrogen and oxygen atoms in total. The van der Waals surface area contributed by atoms with E-state index in [4.69, 9.17) is 0 Å². The number of nitrogens with zero attached hydrogens (tertiary/aromatic N) is 1. The second kappa shape index (κ2) is 5.27. The molecule has 1 N–H and O–H groups in total. The number of nitrogens with one attached hydrogen (secondary N) is 1. The van der Waals surface area contributed by atoms with Crippen LogP contribution < -0.4 is 5.32 Å². The zero-order valence-corrected chi connectivity index (χ0v) is 8.58. The summed E-state index contributed by atoms with van der Waals surface area (Å²) in [6.45, 7) is 6.23. The lowest BCUT2D eigenvalue weighted by molar-refractivity contribution is 0.718. The molecule has 68 valence electrons. The molecule has 0 spiro atoms. The Morgan fingerprint density at radius 3 is 3.00 bits per heavy atom. The molecule has 0 aliphatic rings. The van der Waals surface area contributed by atoms with Gasteiger partial charge >= 0.3 is 0 Å². The predicted octanol–water partition coefficient (Wildman–Crippen LogP) is 2.21. The fourth-order valence-electron chi connectivity index (χ4n) is 1.03. The summed E-state index contributed by atoms with van der Waals surface area (Å²) in [5.74, 6) is 0. The van der Waals surface area contributed by atoms with E-state index >= 15 is 0 Å². The molecule has 0 saturated carbocycles. The minimum Gasteiger partial charge on any atom is -0.311 e. The second-order valence-corrected chi connectivity index (χ2v) is 3.71. The first-order valence-corrected chi connectivity index (χ1v) is 5.38. The van der Waals surface area contributed by atoms with Gasteiger partial charge in [-0.3, -0.25) is 0 Å². The second-order valence-electron chi connectivity index (χ2n) is 2.76. The van der Waals surface area contributed by atoms with E-state index in [0.717, 1.165) is 19.5 Å². The minimum absolute atomic E-state index is 0.922. The van der Waals surface area contributed by atoms with Crippen LogP contribution in [-0.2, 0) is 13.0 Å². The predicted molar refractivity (Wildman–Crippen MR) is 53.5 cm³/mol. The molecule has 1 heterocycles. The van der Waals surface area contributed by atoms with Crippen molar-refractivity contribution < 1.29 is 0 Å². The quantitative estimate of drug-likeness (QED) is 0.759. The molecule has 1 rings (SSSR count). The molecule has 0 atom stereocenters. The first-order chi connectivity index (χ1) is 5.86. The van der Waals surface area contributed by atoms with Crippen LogP contribution in [0.1, 0.15) is 31.0 Å². The van der Waals surface area contributed by atoms with Crippen LogP contribution >= 0.6 is 11.3 Å². The Morgan fingerprint density at radius 2 is 2.33 bits per heavy atom. The van der Waals surface area contributed by atoms with E-state index in [9.17, 15) is 0 Å². The van der Waals surface area contributed by atoms with Gasteiger partial charge in [-0.05, 0) is 13.0 Å². The summed E-state index contributed by atoms with van der Waals surface area (Å²) in [6, 6.07) is 0. The lowest BCUT2D eigenvalue weighted by Crippen LogP contribution is -2.11. The lowest BCUT2D eigenvalue weighted by Gasteiger charge is -1.95. The van der Waals surface area contributed by atoms with Gasteiger partial charge in [0.15, 0.2) is 0 Å². The maximum absolute atomic E-state index is 4.49. The molecule has 1 aromatic rings. The number of aromatic nitrogens is 1. The first-order valence-electron chi connectivity index (χ1n) is 4.50. The van der Waals surface area contributed by atoms with Gasteiger partial charge in [-0.15, -0.1) is 11.3 Å². The SMILES string of the molecule is CCCc1csc(CNCC)n1. The Labute approximate surface area is 78.0 Å². The van der Waals surface area contributed by atoms with Crippen LogP contribution in [0.5, 0.6) is 0 Å². The van der Waals surface area contributed by atoms with Crippen molar-refractivity contribution in [2.24, 2.45) is 0 Å². The van der Waals surface area contributed by atoms with Crippen LogP contribution in [0.15, 0.2) is 5.38 Å². The number of aryl methyl sites for hydroxylation is 1. The van der Waals surface area contributed by atoms with Crippen molar-refractivity contribution in [3.63, 3.8) is 0 Å². The average Bonchev–Trinajstić information content (AvgIpc) is 2.50. The molecule has 0 aromatic carbocycles. The number of rotatable bonds is 5. The maximum Gasteiger partial charge on any atom is 0.107 e. The molecule has 0 radical (unpaired) electrons. The third-order valence-corrected chi connectivity index (χ3v) is 2.53. The van der Waals surface area contributed by atoms with E-state index < -0.39 is 0 Å². The molecule has 0 fully saturated rings. The van der Waals surface area contributed by atoms with Crippen molar-refractivity contribution in [1.29, 1.82) is 0 Å². The van der Waals surface area contributed by atoms with Crippen molar-refractivity contribution in [1.82, 2.24) is 10.3 Å². The van der Waals surface area contributed by atoms with Gasteiger partial charge in [0.1, 0.15) is 5.01 Å². The Balaban J connectivity index is 2.41. The molecule has 0 saturated heterocycles. The third-order valence-electron chi connectivity index (χ3n) is 1.63. The van der Waals surface area contributed by atoms with Crippen LogP contribution in [0.4, 0.5) is 0 Å². The maximum atomic E-state index is 4.49. The van der Waals surface area contributed by atoms with E-state index in [0.29, 0.717) is 0 Å². The van der Waals surface area contributed by atoms with Crippen molar-refractivity contribution >= 4 is 11.3 Å².